The Morgan fingerprint density at radius 3 is 2.06 bits per heavy atom. The molecule has 0 saturated heterocycles. The molecular formula is C17H20. The van der Waals surface area contributed by atoms with Crippen LogP contribution in [0.3, 0.4) is 0 Å². The summed E-state index contributed by atoms with van der Waals surface area (Å²) >= 11 is 0. The number of hydrogen-bond donors (Lipinski definition) is 0. The van der Waals surface area contributed by atoms with E-state index < -0.39 is 0 Å². The van der Waals surface area contributed by atoms with E-state index in [0.717, 1.165) is 6.42 Å². The van der Waals surface area contributed by atoms with Crippen molar-refractivity contribution in [1.29, 1.82) is 0 Å². The molecule has 17 heavy (non-hydrogen) atoms. The van der Waals surface area contributed by atoms with Gasteiger partial charge in [0.1, 0.15) is 0 Å². The lowest BCUT2D eigenvalue weighted by molar-refractivity contribution is 1.09. The summed E-state index contributed by atoms with van der Waals surface area (Å²) in [5, 5.41) is 0. The molecule has 0 fully saturated rings. The van der Waals surface area contributed by atoms with Gasteiger partial charge in [-0.1, -0.05) is 36.4 Å². The number of rotatable bonds is 2. The average molecular weight is 224 g/mol. The van der Waals surface area contributed by atoms with E-state index in [9.17, 15) is 0 Å². The molecule has 0 bridgehead atoms. The molecule has 0 aliphatic heterocycles. The van der Waals surface area contributed by atoms with Crippen molar-refractivity contribution < 1.29 is 0 Å². The van der Waals surface area contributed by atoms with Crippen molar-refractivity contribution in [3.05, 3.63) is 69.8 Å². The Morgan fingerprint density at radius 2 is 1.41 bits per heavy atom. The first-order valence-corrected chi connectivity index (χ1v) is 6.20. The summed E-state index contributed by atoms with van der Waals surface area (Å²) in [6.07, 6.45) is 1.04. The molecule has 88 valence electrons. The summed E-state index contributed by atoms with van der Waals surface area (Å²) in [6.45, 7) is 8.88. The van der Waals surface area contributed by atoms with E-state index in [0.29, 0.717) is 0 Å². The highest BCUT2D eigenvalue weighted by molar-refractivity contribution is 5.45. The molecule has 0 unspecified atom stereocenters. The van der Waals surface area contributed by atoms with Gasteiger partial charge in [-0.05, 0) is 67.5 Å². The third-order valence-electron chi connectivity index (χ3n) is 3.74. The first kappa shape index (κ1) is 11.9. The second-order valence-corrected chi connectivity index (χ2v) is 4.90. The van der Waals surface area contributed by atoms with Crippen LogP contribution in [0.4, 0.5) is 0 Å². The van der Waals surface area contributed by atoms with Gasteiger partial charge in [-0.25, -0.2) is 0 Å². The monoisotopic (exact) mass is 224 g/mol. The molecule has 0 N–H and O–H groups in total. The van der Waals surface area contributed by atoms with E-state index >= 15 is 0 Å². The average Bonchev–Trinajstić information content (AvgIpc) is 2.33. The van der Waals surface area contributed by atoms with E-state index in [1.807, 2.05) is 0 Å². The third kappa shape index (κ3) is 2.41. The molecule has 0 heterocycles. The van der Waals surface area contributed by atoms with E-state index in [1.165, 1.54) is 33.4 Å². The minimum Gasteiger partial charge on any atom is -0.0622 e. The molecule has 0 aromatic heterocycles. The van der Waals surface area contributed by atoms with Crippen LogP contribution in [0.2, 0.25) is 0 Å². The van der Waals surface area contributed by atoms with E-state index in [-0.39, 0.29) is 0 Å². The Labute approximate surface area is 104 Å². The summed E-state index contributed by atoms with van der Waals surface area (Å²) in [5.74, 6) is 0. The van der Waals surface area contributed by atoms with Crippen molar-refractivity contribution in [2.24, 2.45) is 0 Å². The van der Waals surface area contributed by atoms with E-state index in [4.69, 9.17) is 0 Å². The zero-order valence-corrected chi connectivity index (χ0v) is 11.2. The summed E-state index contributed by atoms with van der Waals surface area (Å²) in [7, 11) is 0. The van der Waals surface area contributed by atoms with E-state index in [2.05, 4.69) is 64.1 Å². The van der Waals surface area contributed by atoms with Crippen molar-refractivity contribution in [3.63, 3.8) is 0 Å². The Hall–Kier alpha value is -1.56. The molecule has 2 aromatic carbocycles. The lowest BCUT2D eigenvalue weighted by Crippen LogP contribution is -2.00. The predicted octanol–water partition coefficient (Wildman–Crippen LogP) is 4.51. The molecule has 0 nitrogen and oxygen atoms in total. The Morgan fingerprint density at radius 1 is 0.765 bits per heavy atom. The van der Waals surface area contributed by atoms with Crippen LogP contribution in [0.1, 0.15) is 33.4 Å². The summed E-state index contributed by atoms with van der Waals surface area (Å²) in [4.78, 5) is 0. The largest absolute Gasteiger partial charge is 0.0622 e. The predicted molar refractivity (Wildman–Crippen MR) is 74.6 cm³/mol. The molecule has 0 amide bonds. The molecule has 0 aliphatic carbocycles. The lowest BCUT2D eigenvalue weighted by Gasteiger charge is -2.15. The fourth-order valence-electron chi connectivity index (χ4n) is 2.41. The topological polar surface area (TPSA) is 0 Å². The first-order chi connectivity index (χ1) is 8.09. The minimum absolute atomic E-state index is 1.04. The van der Waals surface area contributed by atoms with Crippen molar-refractivity contribution in [2.75, 3.05) is 0 Å². The van der Waals surface area contributed by atoms with Gasteiger partial charge in [-0.2, -0.15) is 0 Å². The maximum absolute atomic E-state index is 2.31. The number of aryl methyl sites for hydroxylation is 2. The second kappa shape index (κ2) is 4.75. The molecule has 0 radical (unpaired) electrons. The van der Waals surface area contributed by atoms with E-state index in [1.54, 1.807) is 0 Å². The van der Waals surface area contributed by atoms with Crippen LogP contribution in [-0.4, -0.2) is 0 Å². The van der Waals surface area contributed by atoms with Crippen LogP contribution >= 0.6 is 0 Å². The summed E-state index contributed by atoms with van der Waals surface area (Å²) in [5.41, 5.74) is 8.57. The SMILES string of the molecule is Cc1cc(C)c(Cc2ccccc2)c(C)c1C. The Balaban J connectivity index is 2.43. The van der Waals surface area contributed by atoms with Gasteiger partial charge >= 0.3 is 0 Å². The van der Waals surface area contributed by atoms with Gasteiger partial charge in [0, 0.05) is 0 Å². The minimum atomic E-state index is 1.04. The fourth-order valence-corrected chi connectivity index (χ4v) is 2.41. The maximum Gasteiger partial charge on any atom is -0.00204 e. The Bertz CT molecular complexity index is 521. The summed E-state index contributed by atoms with van der Waals surface area (Å²) < 4.78 is 0. The van der Waals surface area contributed by atoms with Crippen molar-refractivity contribution in [3.8, 4) is 0 Å². The molecule has 2 aromatic rings. The van der Waals surface area contributed by atoms with Gasteiger partial charge in [-0.3, -0.25) is 0 Å². The third-order valence-corrected chi connectivity index (χ3v) is 3.74. The van der Waals surface area contributed by atoms with Crippen LogP contribution in [0, 0.1) is 27.7 Å². The fraction of sp³-hybridized carbons (Fsp3) is 0.294. The van der Waals surface area contributed by atoms with Gasteiger partial charge in [-0.15, -0.1) is 0 Å². The molecule has 0 saturated carbocycles. The maximum atomic E-state index is 2.31. The van der Waals surface area contributed by atoms with Gasteiger partial charge in [0.15, 0.2) is 0 Å². The number of benzene rings is 2. The lowest BCUT2D eigenvalue weighted by atomic mass is 9.90. The van der Waals surface area contributed by atoms with Crippen LogP contribution in [0.15, 0.2) is 36.4 Å². The molecule has 0 atom stereocenters. The zero-order chi connectivity index (χ0) is 12.4. The van der Waals surface area contributed by atoms with Crippen LogP contribution in [0.5, 0.6) is 0 Å². The standard InChI is InChI=1S/C17H20/c1-12-10-13(2)17(15(4)14(12)3)11-16-8-6-5-7-9-16/h5-10H,11H2,1-4H3. The molecular weight excluding hydrogens is 204 g/mol. The quantitative estimate of drug-likeness (QED) is 0.704. The Kier molecular flexibility index (Phi) is 3.33. The van der Waals surface area contributed by atoms with Crippen LogP contribution < -0.4 is 0 Å². The van der Waals surface area contributed by atoms with Gasteiger partial charge < -0.3 is 0 Å². The first-order valence-electron chi connectivity index (χ1n) is 6.20. The van der Waals surface area contributed by atoms with Gasteiger partial charge in [0.25, 0.3) is 0 Å². The second-order valence-electron chi connectivity index (χ2n) is 4.90. The van der Waals surface area contributed by atoms with Crippen molar-refractivity contribution in [1.82, 2.24) is 0 Å². The zero-order valence-electron chi connectivity index (χ0n) is 11.2. The smallest absolute Gasteiger partial charge is 0.00204 e. The molecule has 2 rings (SSSR count). The van der Waals surface area contributed by atoms with Crippen molar-refractivity contribution in [2.45, 2.75) is 34.1 Å². The van der Waals surface area contributed by atoms with Crippen LogP contribution in [-0.2, 0) is 6.42 Å². The summed E-state index contributed by atoms with van der Waals surface area (Å²) in [6, 6.07) is 13.0. The highest BCUT2D eigenvalue weighted by atomic mass is 14.1. The molecule has 0 spiro atoms. The van der Waals surface area contributed by atoms with Crippen LogP contribution in [0.25, 0.3) is 0 Å². The normalized spacial score (nSPS) is 10.6. The van der Waals surface area contributed by atoms with Crippen molar-refractivity contribution >= 4 is 0 Å². The van der Waals surface area contributed by atoms with Gasteiger partial charge in [0.2, 0.25) is 0 Å². The highest BCUT2D eigenvalue weighted by Gasteiger charge is 2.08. The molecule has 0 heteroatoms. The number of hydrogen-bond acceptors (Lipinski definition) is 0. The highest BCUT2D eigenvalue weighted by Crippen LogP contribution is 2.23. The van der Waals surface area contributed by atoms with Gasteiger partial charge in [0.05, 0.1) is 0 Å². The molecule has 0 aliphatic rings.